The highest BCUT2D eigenvalue weighted by Gasteiger charge is 2.27. The Morgan fingerprint density at radius 2 is 1.93 bits per heavy atom. The van der Waals surface area contributed by atoms with Crippen LogP contribution in [0.2, 0.25) is 0 Å². The van der Waals surface area contributed by atoms with Gasteiger partial charge in [0.15, 0.2) is 0 Å². The van der Waals surface area contributed by atoms with Crippen LogP contribution in [0.1, 0.15) is 25.8 Å². The topological polar surface area (TPSA) is 35.2 Å². The summed E-state index contributed by atoms with van der Waals surface area (Å²) < 4.78 is 5.11. The van der Waals surface area contributed by atoms with Crippen molar-refractivity contribution in [2.75, 3.05) is 7.11 Å². The first-order chi connectivity index (χ1) is 7.04. The first-order valence-electron chi connectivity index (χ1n) is 4.99. The van der Waals surface area contributed by atoms with E-state index in [2.05, 4.69) is 13.8 Å². The smallest absolute Gasteiger partial charge is 0.118 e. The van der Waals surface area contributed by atoms with Crippen LogP contribution in [0.4, 0.5) is 0 Å². The van der Waals surface area contributed by atoms with Crippen molar-refractivity contribution in [3.05, 3.63) is 29.8 Å². The molecule has 2 N–H and O–H groups in total. The van der Waals surface area contributed by atoms with Crippen molar-refractivity contribution in [2.45, 2.75) is 25.7 Å². The quantitative estimate of drug-likeness (QED) is 0.797. The summed E-state index contributed by atoms with van der Waals surface area (Å²) in [4.78, 5) is 0.537. The summed E-state index contributed by atoms with van der Waals surface area (Å²) in [5.74, 6) is 0.847. The summed E-state index contributed by atoms with van der Waals surface area (Å²) in [6.45, 7) is 4.15. The SMILES string of the molecule is CCC(C)(C(N)=S)c1ccc(OC)cc1. The minimum absolute atomic E-state index is 0.221. The fraction of sp³-hybridized carbons (Fsp3) is 0.417. The lowest BCUT2D eigenvalue weighted by molar-refractivity contribution is 0.414. The maximum Gasteiger partial charge on any atom is 0.118 e. The Kier molecular flexibility index (Phi) is 3.69. The molecule has 3 heteroatoms. The molecule has 0 aliphatic heterocycles. The zero-order valence-electron chi connectivity index (χ0n) is 9.41. The third-order valence-corrected chi connectivity index (χ3v) is 3.43. The normalized spacial score (nSPS) is 14.3. The van der Waals surface area contributed by atoms with Gasteiger partial charge in [-0.1, -0.05) is 31.3 Å². The van der Waals surface area contributed by atoms with Crippen LogP contribution in [0.3, 0.4) is 0 Å². The number of methoxy groups -OCH3 is 1. The van der Waals surface area contributed by atoms with Gasteiger partial charge in [0.1, 0.15) is 5.75 Å². The monoisotopic (exact) mass is 223 g/mol. The first-order valence-corrected chi connectivity index (χ1v) is 5.40. The molecule has 1 atom stereocenters. The van der Waals surface area contributed by atoms with Crippen molar-refractivity contribution >= 4 is 17.2 Å². The van der Waals surface area contributed by atoms with E-state index in [9.17, 15) is 0 Å². The third kappa shape index (κ3) is 2.29. The number of rotatable bonds is 4. The molecule has 0 spiro atoms. The van der Waals surface area contributed by atoms with Crippen LogP contribution in [0.15, 0.2) is 24.3 Å². The molecule has 1 aromatic rings. The van der Waals surface area contributed by atoms with Gasteiger partial charge in [-0.15, -0.1) is 0 Å². The summed E-state index contributed by atoms with van der Waals surface area (Å²) in [7, 11) is 1.65. The van der Waals surface area contributed by atoms with Crippen molar-refractivity contribution in [1.82, 2.24) is 0 Å². The molecule has 2 nitrogen and oxygen atoms in total. The standard InChI is InChI=1S/C12H17NOS/c1-4-12(2,11(13)15)9-5-7-10(14-3)8-6-9/h5-8H,4H2,1-3H3,(H2,13,15). The van der Waals surface area contributed by atoms with Crippen molar-refractivity contribution in [3.8, 4) is 5.75 Å². The summed E-state index contributed by atoms with van der Waals surface area (Å²) in [5.41, 5.74) is 6.70. The van der Waals surface area contributed by atoms with E-state index in [0.29, 0.717) is 4.99 Å². The first kappa shape index (κ1) is 12.0. The molecule has 0 radical (unpaired) electrons. The lowest BCUT2D eigenvalue weighted by atomic mass is 9.80. The Balaban J connectivity index is 3.08. The van der Waals surface area contributed by atoms with Crippen molar-refractivity contribution in [3.63, 3.8) is 0 Å². The predicted molar refractivity (Wildman–Crippen MR) is 67.4 cm³/mol. The van der Waals surface area contributed by atoms with E-state index < -0.39 is 0 Å². The molecule has 0 aliphatic carbocycles. The minimum atomic E-state index is -0.221. The van der Waals surface area contributed by atoms with Crippen molar-refractivity contribution in [2.24, 2.45) is 5.73 Å². The molecule has 0 amide bonds. The maximum absolute atomic E-state index is 5.78. The van der Waals surface area contributed by atoms with Gasteiger partial charge in [0.25, 0.3) is 0 Å². The number of ether oxygens (including phenoxy) is 1. The summed E-state index contributed by atoms with van der Waals surface area (Å²) in [6.07, 6.45) is 0.897. The van der Waals surface area contributed by atoms with Gasteiger partial charge in [-0.05, 0) is 31.0 Å². The van der Waals surface area contributed by atoms with Gasteiger partial charge in [-0.3, -0.25) is 0 Å². The lowest BCUT2D eigenvalue weighted by Gasteiger charge is -2.27. The number of hydrogen-bond acceptors (Lipinski definition) is 2. The molecular formula is C12H17NOS. The molecule has 82 valence electrons. The van der Waals surface area contributed by atoms with Gasteiger partial charge < -0.3 is 10.5 Å². The summed E-state index contributed by atoms with van der Waals surface area (Å²) >= 11 is 5.12. The average Bonchev–Trinajstić information content (AvgIpc) is 2.28. The van der Waals surface area contributed by atoms with Crippen LogP contribution >= 0.6 is 12.2 Å². The van der Waals surface area contributed by atoms with Crippen molar-refractivity contribution in [1.29, 1.82) is 0 Å². The summed E-state index contributed by atoms with van der Waals surface area (Å²) in [6, 6.07) is 7.89. The number of hydrogen-bond donors (Lipinski definition) is 1. The van der Waals surface area contributed by atoms with Crippen LogP contribution < -0.4 is 10.5 Å². The molecule has 0 saturated heterocycles. The molecular weight excluding hydrogens is 206 g/mol. The van der Waals surface area contributed by atoms with Gasteiger partial charge in [-0.2, -0.15) is 0 Å². The molecule has 1 rings (SSSR count). The number of benzene rings is 1. The van der Waals surface area contributed by atoms with Gasteiger partial charge >= 0.3 is 0 Å². The average molecular weight is 223 g/mol. The van der Waals surface area contributed by atoms with E-state index in [1.54, 1.807) is 7.11 Å². The van der Waals surface area contributed by atoms with Crippen molar-refractivity contribution < 1.29 is 4.74 Å². The Bertz CT molecular complexity index is 347. The van der Waals surface area contributed by atoms with Gasteiger partial charge in [0, 0.05) is 5.41 Å². The Hall–Kier alpha value is -1.09. The van der Waals surface area contributed by atoms with Gasteiger partial charge in [-0.25, -0.2) is 0 Å². The van der Waals surface area contributed by atoms with Gasteiger partial charge in [0.05, 0.1) is 12.1 Å². The molecule has 0 aliphatic rings. The Morgan fingerprint density at radius 3 is 2.27 bits per heavy atom. The zero-order valence-corrected chi connectivity index (χ0v) is 10.2. The predicted octanol–water partition coefficient (Wildman–Crippen LogP) is 2.65. The fourth-order valence-electron chi connectivity index (χ4n) is 1.48. The zero-order chi connectivity index (χ0) is 11.5. The molecule has 0 bridgehead atoms. The fourth-order valence-corrected chi connectivity index (χ4v) is 1.74. The van der Waals surface area contributed by atoms with E-state index in [-0.39, 0.29) is 5.41 Å². The Morgan fingerprint density at radius 1 is 1.40 bits per heavy atom. The molecule has 1 unspecified atom stereocenters. The second-order valence-corrected chi connectivity index (χ2v) is 4.22. The third-order valence-electron chi connectivity index (χ3n) is 2.98. The van der Waals surface area contributed by atoms with E-state index in [1.165, 1.54) is 0 Å². The summed E-state index contributed by atoms with van der Waals surface area (Å²) in [5, 5.41) is 0. The highest BCUT2D eigenvalue weighted by atomic mass is 32.1. The second kappa shape index (κ2) is 4.62. The van der Waals surface area contributed by atoms with Crippen LogP contribution in [0.5, 0.6) is 5.75 Å². The molecule has 1 aromatic carbocycles. The maximum atomic E-state index is 5.78. The number of thiocarbonyl (C=S) groups is 1. The highest BCUT2D eigenvalue weighted by molar-refractivity contribution is 7.80. The molecule has 0 saturated carbocycles. The molecule has 0 fully saturated rings. The van der Waals surface area contributed by atoms with E-state index >= 15 is 0 Å². The van der Waals surface area contributed by atoms with Crippen LogP contribution in [-0.4, -0.2) is 12.1 Å². The Labute approximate surface area is 96.4 Å². The molecule has 0 heterocycles. The van der Waals surface area contributed by atoms with E-state index in [4.69, 9.17) is 22.7 Å². The second-order valence-electron chi connectivity index (χ2n) is 3.78. The largest absolute Gasteiger partial charge is 0.497 e. The van der Waals surface area contributed by atoms with Gasteiger partial charge in [0.2, 0.25) is 0 Å². The molecule has 15 heavy (non-hydrogen) atoms. The molecule has 0 aromatic heterocycles. The van der Waals surface area contributed by atoms with E-state index in [0.717, 1.165) is 17.7 Å². The highest BCUT2D eigenvalue weighted by Crippen LogP contribution is 2.29. The minimum Gasteiger partial charge on any atom is -0.497 e. The van der Waals surface area contributed by atoms with Crippen LogP contribution in [-0.2, 0) is 5.41 Å². The van der Waals surface area contributed by atoms with E-state index in [1.807, 2.05) is 24.3 Å². The van der Waals surface area contributed by atoms with Crippen LogP contribution in [0, 0.1) is 0 Å². The van der Waals surface area contributed by atoms with Crippen LogP contribution in [0.25, 0.3) is 0 Å². The lowest BCUT2D eigenvalue weighted by Crippen LogP contribution is -2.36. The number of nitrogens with two attached hydrogens (primary N) is 1.